The van der Waals surface area contributed by atoms with E-state index in [0.717, 1.165) is 6.54 Å². The molecule has 4 aliphatic rings. The van der Waals surface area contributed by atoms with Gasteiger partial charge in [0, 0.05) is 17.6 Å². The molecule has 2 heterocycles. The minimum atomic E-state index is 0.491. The zero-order valence-corrected chi connectivity index (χ0v) is 13.6. The van der Waals surface area contributed by atoms with Crippen molar-refractivity contribution in [2.75, 3.05) is 12.8 Å². The molecule has 110 valence electrons. The lowest BCUT2D eigenvalue weighted by Crippen LogP contribution is -2.29. The summed E-state index contributed by atoms with van der Waals surface area (Å²) in [5.41, 5.74) is 6.35. The van der Waals surface area contributed by atoms with E-state index in [9.17, 15) is 0 Å². The van der Waals surface area contributed by atoms with Crippen molar-refractivity contribution >= 4 is 11.8 Å². The van der Waals surface area contributed by atoms with Crippen molar-refractivity contribution in [2.45, 2.75) is 44.6 Å². The van der Waals surface area contributed by atoms with Gasteiger partial charge in [0.2, 0.25) is 0 Å². The number of rotatable bonds is 2. The Hall–Kier alpha value is -1.15. The average Bonchev–Trinajstić information content (AvgIpc) is 2.92. The molecule has 0 N–H and O–H groups in total. The van der Waals surface area contributed by atoms with E-state index in [-0.39, 0.29) is 0 Å². The van der Waals surface area contributed by atoms with E-state index in [1.807, 2.05) is 11.8 Å². The Labute approximate surface area is 132 Å². The van der Waals surface area contributed by atoms with Crippen molar-refractivity contribution in [3.05, 3.63) is 57.7 Å². The van der Waals surface area contributed by atoms with Crippen LogP contribution in [0.1, 0.15) is 38.5 Å². The maximum absolute atomic E-state index is 2.54. The van der Waals surface area contributed by atoms with Crippen molar-refractivity contribution in [2.24, 2.45) is 0 Å². The highest BCUT2D eigenvalue weighted by Gasteiger charge is 2.33. The molecule has 4 rings (SSSR count). The molecule has 2 aliphatic carbocycles. The van der Waals surface area contributed by atoms with Gasteiger partial charge in [0.25, 0.3) is 0 Å². The lowest BCUT2D eigenvalue weighted by atomic mass is 9.89. The van der Waals surface area contributed by atoms with E-state index in [2.05, 4.69) is 41.7 Å². The predicted molar refractivity (Wildman–Crippen MR) is 92.1 cm³/mol. The molecule has 0 radical (unpaired) electrons. The molecule has 2 heteroatoms. The van der Waals surface area contributed by atoms with Gasteiger partial charge >= 0.3 is 0 Å². The summed E-state index contributed by atoms with van der Waals surface area (Å²) in [6.45, 7) is 1.14. The lowest BCUT2D eigenvalue weighted by Gasteiger charge is -2.31. The fraction of sp³-hybridized carbons (Fsp3) is 0.474. The highest BCUT2D eigenvalue weighted by Crippen LogP contribution is 2.42. The van der Waals surface area contributed by atoms with Gasteiger partial charge in [-0.25, -0.2) is 0 Å². The topological polar surface area (TPSA) is 3.24 Å². The summed E-state index contributed by atoms with van der Waals surface area (Å²) in [6.07, 6.45) is 22.1. The molecule has 2 aliphatic heterocycles. The van der Waals surface area contributed by atoms with Crippen molar-refractivity contribution in [3.63, 3.8) is 0 Å². The van der Waals surface area contributed by atoms with Crippen LogP contribution in [0.4, 0.5) is 0 Å². The molecule has 1 nitrogen and oxygen atoms in total. The molecule has 0 fully saturated rings. The quantitative estimate of drug-likeness (QED) is 0.708. The Balaban J connectivity index is 1.72. The molecule has 0 amide bonds. The van der Waals surface area contributed by atoms with Gasteiger partial charge in [-0.2, -0.15) is 0 Å². The van der Waals surface area contributed by atoms with Crippen LogP contribution in [0.25, 0.3) is 0 Å². The number of nitrogens with zero attached hydrogens (tertiary/aromatic N) is 1. The third-order valence-electron chi connectivity index (χ3n) is 5.10. The van der Waals surface area contributed by atoms with Crippen molar-refractivity contribution in [1.29, 1.82) is 0 Å². The first-order valence-electron chi connectivity index (χ1n) is 8.18. The standard InChI is InChI=1S/C19H23NS/c1-21-19-13-20-12-15-9-5-6-10-16(15)18(20)11-17(19)14-7-3-2-4-8-14/h6-7,10-11,13,18H,2-5,8-9,12H2,1H3. The maximum atomic E-state index is 2.54. The zero-order valence-electron chi connectivity index (χ0n) is 12.8. The van der Waals surface area contributed by atoms with E-state index in [1.165, 1.54) is 49.0 Å². The van der Waals surface area contributed by atoms with Crippen LogP contribution < -0.4 is 0 Å². The number of allylic oxidation sites excluding steroid dienone is 4. The fourth-order valence-electron chi connectivity index (χ4n) is 3.99. The summed E-state index contributed by atoms with van der Waals surface area (Å²) >= 11 is 1.90. The summed E-state index contributed by atoms with van der Waals surface area (Å²) in [7, 11) is 0. The summed E-state index contributed by atoms with van der Waals surface area (Å²) in [5, 5.41) is 0. The molecule has 0 saturated heterocycles. The molecule has 0 aromatic rings. The number of hydrogen-bond acceptors (Lipinski definition) is 2. The Kier molecular flexibility index (Phi) is 3.58. The SMILES string of the molecule is CSC1=CN2CC3=C(C=CCC3)C2C=C1C1=CCCCC1. The minimum Gasteiger partial charge on any atom is -0.362 e. The Morgan fingerprint density at radius 3 is 2.95 bits per heavy atom. The number of thioether (sulfide) groups is 1. The van der Waals surface area contributed by atoms with Gasteiger partial charge in [0.1, 0.15) is 0 Å². The summed E-state index contributed by atoms with van der Waals surface area (Å²) in [4.78, 5) is 4.00. The van der Waals surface area contributed by atoms with Crippen LogP contribution in [0.3, 0.4) is 0 Å². The Bertz CT molecular complexity index is 603. The first-order valence-corrected chi connectivity index (χ1v) is 9.41. The largest absolute Gasteiger partial charge is 0.362 e. The summed E-state index contributed by atoms with van der Waals surface area (Å²) in [5.74, 6) is 0. The Morgan fingerprint density at radius 1 is 1.19 bits per heavy atom. The molecule has 0 bridgehead atoms. The highest BCUT2D eigenvalue weighted by molar-refractivity contribution is 8.02. The van der Waals surface area contributed by atoms with Gasteiger partial charge in [-0.05, 0) is 73.1 Å². The van der Waals surface area contributed by atoms with Gasteiger partial charge in [-0.3, -0.25) is 0 Å². The maximum Gasteiger partial charge on any atom is 0.0734 e. The molecule has 0 saturated carbocycles. The van der Waals surface area contributed by atoms with Gasteiger partial charge in [-0.1, -0.05) is 18.2 Å². The normalized spacial score (nSPS) is 28.0. The molecule has 1 unspecified atom stereocenters. The second-order valence-corrected chi connectivity index (χ2v) is 7.22. The molecular formula is C19H23NS. The summed E-state index contributed by atoms with van der Waals surface area (Å²) < 4.78 is 0. The van der Waals surface area contributed by atoms with Crippen LogP contribution in [-0.4, -0.2) is 23.7 Å². The monoisotopic (exact) mass is 297 g/mol. The number of fused-ring (bicyclic) bond motifs is 2. The zero-order chi connectivity index (χ0) is 14.2. The molecule has 0 aromatic heterocycles. The van der Waals surface area contributed by atoms with Gasteiger partial charge < -0.3 is 4.90 Å². The van der Waals surface area contributed by atoms with Crippen LogP contribution in [0.5, 0.6) is 0 Å². The van der Waals surface area contributed by atoms with Crippen molar-refractivity contribution < 1.29 is 0 Å². The molecule has 1 atom stereocenters. The average molecular weight is 297 g/mol. The highest BCUT2D eigenvalue weighted by atomic mass is 32.2. The second-order valence-electron chi connectivity index (χ2n) is 6.37. The van der Waals surface area contributed by atoms with Crippen LogP contribution >= 0.6 is 11.8 Å². The van der Waals surface area contributed by atoms with Crippen LogP contribution in [-0.2, 0) is 0 Å². The lowest BCUT2D eigenvalue weighted by molar-refractivity contribution is 0.405. The van der Waals surface area contributed by atoms with E-state index in [1.54, 1.807) is 16.7 Å². The van der Waals surface area contributed by atoms with E-state index < -0.39 is 0 Å². The number of hydrogen-bond donors (Lipinski definition) is 0. The summed E-state index contributed by atoms with van der Waals surface area (Å²) in [6, 6.07) is 0.491. The van der Waals surface area contributed by atoms with Gasteiger partial charge in [0.05, 0.1) is 6.04 Å². The fourth-order valence-corrected chi connectivity index (χ4v) is 4.65. The molecular weight excluding hydrogens is 274 g/mol. The molecule has 21 heavy (non-hydrogen) atoms. The first-order chi connectivity index (χ1) is 10.4. The minimum absolute atomic E-state index is 0.491. The molecule has 0 spiro atoms. The second kappa shape index (κ2) is 5.57. The van der Waals surface area contributed by atoms with E-state index in [4.69, 9.17) is 0 Å². The van der Waals surface area contributed by atoms with Gasteiger partial charge in [-0.15, -0.1) is 11.8 Å². The van der Waals surface area contributed by atoms with Crippen molar-refractivity contribution in [3.8, 4) is 0 Å². The van der Waals surface area contributed by atoms with Crippen molar-refractivity contribution in [1.82, 2.24) is 4.90 Å². The van der Waals surface area contributed by atoms with Gasteiger partial charge in [0.15, 0.2) is 0 Å². The molecule has 0 aromatic carbocycles. The predicted octanol–water partition coefficient (Wildman–Crippen LogP) is 4.96. The smallest absolute Gasteiger partial charge is 0.0734 e. The van der Waals surface area contributed by atoms with Crippen LogP contribution in [0.15, 0.2) is 57.7 Å². The first kappa shape index (κ1) is 13.5. The van der Waals surface area contributed by atoms with Crippen LogP contribution in [0, 0.1) is 0 Å². The van der Waals surface area contributed by atoms with E-state index >= 15 is 0 Å². The van der Waals surface area contributed by atoms with E-state index in [0.29, 0.717) is 6.04 Å². The third-order valence-corrected chi connectivity index (χ3v) is 5.86. The Morgan fingerprint density at radius 2 is 2.14 bits per heavy atom. The third kappa shape index (κ3) is 2.34. The van der Waals surface area contributed by atoms with Crippen LogP contribution in [0.2, 0.25) is 0 Å².